The third-order valence-corrected chi connectivity index (χ3v) is 1.83. The molecule has 98 valence electrons. The van der Waals surface area contributed by atoms with Crippen molar-refractivity contribution in [1.82, 2.24) is 16.0 Å². The Morgan fingerprint density at radius 1 is 1.24 bits per heavy atom. The molecule has 7 nitrogen and oxygen atoms in total. The first-order valence-electron chi connectivity index (χ1n) is 5.48. The minimum atomic E-state index is -0.651. The van der Waals surface area contributed by atoms with E-state index in [1.807, 2.05) is 0 Å². The summed E-state index contributed by atoms with van der Waals surface area (Å²) < 4.78 is 4.68. The smallest absolute Gasteiger partial charge is 0.321 e. The van der Waals surface area contributed by atoms with Gasteiger partial charge in [0.25, 0.3) is 0 Å². The van der Waals surface area contributed by atoms with Crippen molar-refractivity contribution in [3.63, 3.8) is 0 Å². The maximum absolute atomic E-state index is 11.4. The second-order valence-corrected chi connectivity index (χ2v) is 3.26. The number of urea groups is 1. The van der Waals surface area contributed by atoms with Gasteiger partial charge >= 0.3 is 12.0 Å². The lowest BCUT2D eigenvalue weighted by molar-refractivity contribution is -0.142. The van der Waals surface area contributed by atoms with Crippen molar-refractivity contribution >= 4 is 17.9 Å². The van der Waals surface area contributed by atoms with Crippen LogP contribution in [0.2, 0.25) is 0 Å². The first-order chi connectivity index (χ1) is 8.01. The minimum Gasteiger partial charge on any atom is -0.465 e. The molecule has 0 aromatic carbocycles. The van der Waals surface area contributed by atoms with Crippen molar-refractivity contribution in [3.8, 4) is 0 Å². The number of ether oxygens (including phenoxy) is 1. The van der Waals surface area contributed by atoms with E-state index in [2.05, 4.69) is 20.7 Å². The van der Waals surface area contributed by atoms with Gasteiger partial charge in [-0.05, 0) is 20.8 Å². The normalized spacial score (nSPS) is 11.5. The van der Waals surface area contributed by atoms with E-state index in [4.69, 9.17) is 0 Å². The Labute approximate surface area is 100 Å². The molecule has 1 unspecified atom stereocenters. The molecule has 0 fully saturated rings. The van der Waals surface area contributed by atoms with Crippen molar-refractivity contribution in [3.05, 3.63) is 0 Å². The highest BCUT2D eigenvalue weighted by molar-refractivity contribution is 5.96. The van der Waals surface area contributed by atoms with Crippen LogP contribution in [-0.4, -0.2) is 43.6 Å². The Balaban J connectivity index is 3.89. The first-order valence-corrected chi connectivity index (χ1v) is 5.48. The van der Waals surface area contributed by atoms with Crippen LogP contribution in [0.1, 0.15) is 20.8 Å². The van der Waals surface area contributed by atoms with Gasteiger partial charge in [0.2, 0.25) is 5.91 Å². The predicted octanol–water partition coefficient (Wildman–Crippen LogP) is -0.627. The highest BCUT2D eigenvalue weighted by Crippen LogP contribution is 1.83. The molecule has 3 N–H and O–H groups in total. The molecule has 3 amide bonds. The van der Waals surface area contributed by atoms with Gasteiger partial charge in [0.15, 0.2) is 0 Å². The quantitative estimate of drug-likeness (QED) is 0.542. The van der Waals surface area contributed by atoms with Gasteiger partial charge in [-0.15, -0.1) is 0 Å². The highest BCUT2D eigenvalue weighted by Gasteiger charge is 2.16. The molecule has 0 rings (SSSR count). The van der Waals surface area contributed by atoms with Crippen molar-refractivity contribution in [2.45, 2.75) is 26.8 Å². The van der Waals surface area contributed by atoms with Crippen molar-refractivity contribution < 1.29 is 19.1 Å². The van der Waals surface area contributed by atoms with Gasteiger partial charge < -0.3 is 10.1 Å². The monoisotopic (exact) mass is 245 g/mol. The zero-order valence-corrected chi connectivity index (χ0v) is 10.3. The van der Waals surface area contributed by atoms with E-state index in [1.54, 1.807) is 20.8 Å². The van der Waals surface area contributed by atoms with E-state index in [0.29, 0.717) is 13.2 Å². The molecule has 0 aliphatic heterocycles. The van der Waals surface area contributed by atoms with Crippen LogP contribution in [0.15, 0.2) is 0 Å². The van der Waals surface area contributed by atoms with Crippen LogP contribution in [0.25, 0.3) is 0 Å². The summed E-state index contributed by atoms with van der Waals surface area (Å²) in [5.41, 5.74) is 0. The summed E-state index contributed by atoms with van der Waals surface area (Å²) in [7, 11) is 0. The number of carbonyl (C=O) groups is 3. The summed E-state index contributed by atoms with van der Waals surface area (Å²) >= 11 is 0. The third-order valence-electron chi connectivity index (χ3n) is 1.83. The number of nitrogens with one attached hydrogen (secondary N) is 3. The molecule has 17 heavy (non-hydrogen) atoms. The van der Waals surface area contributed by atoms with Crippen LogP contribution in [0.5, 0.6) is 0 Å². The highest BCUT2D eigenvalue weighted by atomic mass is 16.5. The van der Waals surface area contributed by atoms with E-state index in [-0.39, 0.29) is 6.54 Å². The molecule has 0 aliphatic rings. The lowest BCUT2D eigenvalue weighted by Crippen LogP contribution is -2.49. The molecule has 0 saturated heterocycles. The molecule has 0 aliphatic carbocycles. The molecule has 7 heteroatoms. The SMILES string of the molecule is CCNC(=O)NC(=O)C(C)NCC(=O)OCC. The van der Waals surface area contributed by atoms with Gasteiger partial charge in [-0.25, -0.2) is 4.79 Å². The van der Waals surface area contributed by atoms with E-state index < -0.39 is 23.9 Å². The minimum absolute atomic E-state index is 0.0716. The fourth-order valence-electron chi connectivity index (χ4n) is 0.966. The molecule has 0 aromatic heterocycles. The van der Waals surface area contributed by atoms with E-state index in [9.17, 15) is 14.4 Å². The average Bonchev–Trinajstić information content (AvgIpc) is 2.26. The van der Waals surface area contributed by atoms with Gasteiger partial charge in [-0.2, -0.15) is 0 Å². The molecule has 0 heterocycles. The number of hydrogen-bond acceptors (Lipinski definition) is 5. The Kier molecular flexibility index (Phi) is 7.70. The Morgan fingerprint density at radius 2 is 1.88 bits per heavy atom. The molecular weight excluding hydrogens is 226 g/mol. The third kappa shape index (κ3) is 7.29. The summed E-state index contributed by atoms with van der Waals surface area (Å²) in [6.45, 7) is 5.64. The van der Waals surface area contributed by atoms with Crippen LogP contribution >= 0.6 is 0 Å². The van der Waals surface area contributed by atoms with Crippen LogP contribution in [0.3, 0.4) is 0 Å². The number of amides is 3. The molecule has 0 aromatic rings. The van der Waals surface area contributed by atoms with Gasteiger partial charge in [0.1, 0.15) is 0 Å². The molecule has 1 atom stereocenters. The van der Waals surface area contributed by atoms with E-state index >= 15 is 0 Å². The van der Waals surface area contributed by atoms with Gasteiger partial charge in [0, 0.05) is 6.54 Å². The lowest BCUT2D eigenvalue weighted by atomic mass is 10.3. The molecule has 0 spiro atoms. The topological polar surface area (TPSA) is 96.5 Å². The summed E-state index contributed by atoms with van der Waals surface area (Å²) in [6.07, 6.45) is 0. The second-order valence-electron chi connectivity index (χ2n) is 3.26. The fourth-order valence-corrected chi connectivity index (χ4v) is 0.966. The fraction of sp³-hybridized carbons (Fsp3) is 0.700. The zero-order valence-electron chi connectivity index (χ0n) is 10.3. The number of esters is 1. The van der Waals surface area contributed by atoms with Crippen LogP contribution in [0.4, 0.5) is 4.79 Å². The second kappa shape index (κ2) is 8.51. The summed E-state index contributed by atoms with van der Waals surface area (Å²) in [6, 6.07) is -1.20. The van der Waals surface area contributed by atoms with E-state index in [1.165, 1.54) is 0 Å². The maximum Gasteiger partial charge on any atom is 0.321 e. The summed E-state index contributed by atoms with van der Waals surface area (Å²) in [5.74, 6) is -0.939. The molecule has 0 radical (unpaired) electrons. The van der Waals surface area contributed by atoms with Crippen LogP contribution in [0, 0.1) is 0 Å². The average molecular weight is 245 g/mol. The van der Waals surface area contributed by atoms with Crippen molar-refractivity contribution in [2.75, 3.05) is 19.7 Å². The molecule has 0 saturated carbocycles. The Hall–Kier alpha value is -1.63. The standard InChI is InChI=1S/C10H19N3O4/c1-4-11-10(16)13-9(15)7(3)12-6-8(14)17-5-2/h7,12H,4-6H2,1-3H3,(H2,11,13,15,16). The zero-order chi connectivity index (χ0) is 13.3. The van der Waals surface area contributed by atoms with Gasteiger partial charge in [-0.3, -0.25) is 20.2 Å². The number of hydrogen-bond donors (Lipinski definition) is 3. The molecular formula is C10H19N3O4. The predicted molar refractivity (Wildman–Crippen MR) is 61.3 cm³/mol. The first kappa shape index (κ1) is 15.4. The molecule has 0 bridgehead atoms. The summed E-state index contributed by atoms with van der Waals surface area (Å²) in [4.78, 5) is 33.4. The summed E-state index contributed by atoms with van der Waals surface area (Å²) in [5, 5.41) is 7.21. The Morgan fingerprint density at radius 3 is 2.41 bits per heavy atom. The maximum atomic E-state index is 11.4. The Bertz CT molecular complexity index is 281. The van der Waals surface area contributed by atoms with Gasteiger partial charge in [0.05, 0.1) is 19.2 Å². The largest absolute Gasteiger partial charge is 0.465 e. The van der Waals surface area contributed by atoms with Crippen LogP contribution in [-0.2, 0) is 14.3 Å². The van der Waals surface area contributed by atoms with Crippen LogP contribution < -0.4 is 16.0 Å². The van der Waals surface area contributed by atoms with E-state index in [0.717, 1.165) is 0 Å². The van der Waals surface area contributed by atoms with Gasteiger partial charge in [-0.1, -0.05) is 0 Å². The van der Waals surface area contributed by atoms with Crippen molar-refractivity contribution in [1.29, 1.82) is 0 Å². The number of carbonyl (C=O) groups excluding carboxylic acids is 3. The van der Waals surface area contributed by atoms with Crippen molar-refractivity contribution in [2.24, 2.45) is 0 Å². The number of imide groups is 1. The lowest BCUT2D eigenvalue weighted by Gasteiger charge is -2.12. The number of rotatable bonds is 6.